The smallest absolute Gasteiger partial charge is 0.150 e. The minimum Gasteiger partial charge on any atom is -0.309 e. The predicted octanol–water partition coefficient (Wildman–Crippen LogP) is 3.76. The highest BCUT2D eigenvalue weighted by Crippen LogP contribution is 2.39. The molecule has 0 bridgehead atoms. The van der Waals surface area contributed by atoms with Gasteiger partial charge in [-0.2, -0.15) is 0 Å². The third-order valence-corrected chi connectivity index (χ3v) is 7.48. The highest BCUT2D eigenvalue weighted by atomic mass is 79.9. The van der Waals surface area contributed by atoms with Gasteiger partial charge >= 0.3 is 0 Å². The van der Waals surface area contributed by atoms with Crippen molar-refractivity contribution in [1.29, 1.82) is 0 Å². The number of sulfone groups is 1. The second-order valence-electron chi connectivity index (χ2n) is 5.58. The SMILES string of the molecule is CCNC(c1cc(Br)cs1)C1CCCC(S(C)(=O)=O)C1. The summed E-state index contributed by atoms with van der Waals surface area (Å²) in [6, 6.07) is 2.43. The molecule has 0 saturated heterocycles. The average molecular weight is 380 g/mol. The summed E-state index contributed by atoms with van der Waals surface area (Å²) in [4.78, 5) is 1.30. The zero-order valence-corrected chi connectivity index (χ0v) is 15.2. The summed E-state index contributed by atoms with van der Waals surface area (Å²) >= 11 is 5.25. The Labute approximate surface area is 134 Å². The predicted molar refractivity (Wildman–Crippen MR) is 89.0 cm³/mol. The van der Waals surface area contributed by atoms with Gasteiger partial charge in [0.25, 0.3) is 0 Å². The van der Waals surface area contributed by atoms with Crippen molar-refractivity contribution in [2.75, 3.05) is 12.8 Å². The van der Waals surface area contributed by atoms with Gasteiger partial charge in [0.05, 0.1) is 5.25 Å². The molecule has 0 aromatic carbocycles. The molecule has 6 heteroatoms. The molecule has 1 aliphatic rings. The molecule has 0 spiro atoms. The van der Waals surface area contributed by atoms with Crippen molar-refractivity contribution in [3.63, 3.8) is 0 Å². The summed E-state index contributed by atoms with van der Waals surface area (Å²) in [6.45, 7) is 3.01. The van der Waals surface area contributed by atoms with Crippen LogP contribution in [-0.2, 0) is 9.84 Å². The van der Waals surface area contributed by atoms with Crippen LogP contribution in [-0.4, -0.2) is 26.5 Å². The molecule has 20 heavy (non-hydrogen) atoms. The number of hydrogen-bond acceptors (Lipinski definition) is 4. The largest absolute Gasteiger partial charge is 0.309 e. The first-order chi connectivity index (χ1) is 9.41. The van der Waals surface area contributed by atoms with Crippen molar-refractivity contribution in [3.8, 4) is 0 Å². The molecule has 1 heterocycles. The van der Waals surface area contributed by atoms with Crippen molar-refractivity contribution >= 4 is 37.1 Å². The molecule has 1 aromatic heterocycles. The van der Waals surface area contributed by atoms with Crippen molar-refractivity contribution in [2.45, 2.75) is 43.9 Å². The van der Waals surface area contributed by atoms with Crippen LogP contribution in [0.25, 0.3) is 0 Å². The lowest BCUT2D eigenvalue weighted by molar-refractivity contribution is 0.278. The Morgan fingerprint density at radius 2 is 2.25 bits per heavy atom. The molecule has 0 radical (unpaired) electrons. The van der Waals surface area contributed by atoms with Crippen LogP contribution >= 0.6 is 27.3 Å². The monoisotopic (exact) mass is 379 g/mol. The maximum Gasteiger partial charge on any atom is 0.150 e. The van der Waals surface area contributed by atoms with E-state index in [2.05, 4.69) is 39.6 Å². The van der Waals surface area contributed by atoms with Gasteiger partial charge in [0.2, 0.25) is 0 Å². The molecule has 2 rings (SSSR count). The van der Waals surface area contributed by atoms with E-state index in [-0.39, 0.29) is 11.3 Å². The summed E-state index contributed by atoms with van der Waals surface area (Å²) < 4.78 is 24.8. The number of hydrogen-bond donors (Lipinski definition) is 1. The molecule has 3 unspecified atom stereocenters. The minimum atomic E-state index is -2.92. The lowest BCUT2D eigenvalue weighted by atomic mass is 9.83. The van der Waals surface area contributed by atoms with Crippen LogP contribution in [0.3, 0.4) is 0 Å². The van der Waals surface area contributed by atoms with E-state index >= 15 is 0 Å². The van der Waals surface area contributed by atoms with Crippen molar-refractivity contribution < 1.29 is 8.42 Å². The Morgan fingerprint density at radius 3 is 2.80 bits per heavy atom. The van der Waals surface area contributed by atoms with E-state index in [0.29, 0.717) is 5.92 Å². The first-order valence-corrected chi connectivity index (χ1v) is 10.7. The zero-order valence-electron chi connectivity index (χ0n) is 11.9. The first kappa shape index (κ1) is 16.5. The van der Waals surface area contributed by atoms with Gasteiger partial charge in [0, 0.05) is 27.0 Å². The second-order valence-corrected chi connectivity index (χ2v) is 9.77. The third-order valence-electron chi connectivity index (χ3n) is 4.06. The van der Waals surface area contributed by atoms with Gasteiger partial charge in [0.1, 0.15) is 9.84 Å². The molecule has 0 aliphatic heterocycles. The number of rotatable bonds is 5. The first-order valence-electron chi connectivity index (χ1n) is 7.08. The molecule has 1 aromatic rings. The molecular weight excluding hydrogens is 358 g/mol. The molecule has 1 saturated carbocycles. The van der Waals surface area contributed by atoms with Crippen molar-refractivity contribution in [3.05, 3.63) is 20.8 Å². The number of halogens is 1. The van der Waals surface area contributed by atoms with E-state index in [1.807, 2.05) is 0 Å². The van der Waals surface area contributed by atoms with Crippen molar-refractivity contribution in [1.82, 2.24) is 5.32 Å². The normalized spacial score (nSPS) is 25.6. The van der Waals surface area contributed by atoms with Gasteiger partial charge in [0.15, 0.2) is 0 Å². The fraction of sp³-hybridized carbons (Fsp3) is 0.714. The molecule has 3 atom stereocenters. The minimum absolute atomic E-state index is 0.161. The third kappa shape index (κ3) is 4.06. The van der Waals surface area contributed by atoms with Crippen LogP contribution in [0.1, 0.15) is 43.5 Å². The van der Waals surface area contributed by atoms with E-state index in [4.69, 9.17) is 0 Å². The second kappa shape index (κ2) is 6.90. The van der Waals surface area contributed by atoms with Crippen LogP contribution in [0.2, 0.25) is 0 Å². The van der Waals surface area contributed by atoms with E-state index in [9.17, 15) is 8.42 Å². The van der Waals surface area contributed by atoms with Gasteiger partial charge < -0.3 is 5.32 Å². The molecule has 1 fully saturated rings. The van der Waals surface area contributed by atoms with Gasteiger partial charge in [-0.3, -0.25) is 0 Å². The van der Waals surface area contributed by atoms with E-state index in [0.717, 1.165) is 36.7 Å². The van der Waals surface area contributed by atoms with Gasteiger partial charge in [-0.1, -0.05) is 13.3 Å². The summed E-state index contributed by atoms with van der Waals surface area (Å²) in [5.74, 6) is 0.411. The van der Waals surface area contributed by atoms with E-state index < -0.39 is 9.84 Å². The summed E-state index contributed by atoms with van der Waals surface area (Å²) in [5, 5.41) is 5.48. The van der Waals surface area contributed by atoms with Crippen LogP contribution in [0.4, 0.5) is 0 Å². The highest BCUT2D eigenvalue weighted by molar-refractivity contribution is 9.10. The average Bonchev–Trinajstić information content (AvgIpc) is 2.81. The van der Waals surface area contributed by atoms with E-state index in [1.54, 1.807) is 11.3 Å². The van der Waals surface area contributed by atoms with Gasteiger partial charge in [-0.05, 0) is 53.7 Å². The number of nitrogens with one attached hydrogen (secondary N) is 1. The van der Waals surface area contributed by atoms with Crippen LogP contribution < -0.4 is 5.32 Å². The van der Waals surface area contributed by atoms with Gasteiger partial charge in [-0.25, -0.2) is 8.42 Å². The Morgan fingerprint density at radius 1 is 1.50 bits per heavy atom. The van der Waals surface area contributed by atoms with Crippen LogP contribution in [0.15, 0.2) is 15.9 Å². The fourth-order valence-electron chi connectivity index (χ4n) is 3.08. The highest BCUT2D eigenvalue weighted by Gasteiger charge is 2.33. The topological polar surface area (TPSA) is 46.2 Å². The van der Waals surface area contributed by atoms with E-state index in [1.165, 1.54) is 11.1 Å². The summed E-state index contributed by atoms with van der Waals surface area (Å²) in [7, 11) is -2.92. The Kier molecular flexibility index (Phi) is 5.68. The summed E-state index contributed by atoms with van der Waals surface area (Å²) in [5.41, 5.74) is 0. The Bertz CT molecular complexity index is 541. The van der Waals surface area contributed by atoms with Crippen LogP contribution in [0.5, 0.6) is 0 Å². The zero-order chi connectivity index (χ0) is 14.8. The van der Waals surface area contributed by atoms with Crippen molar-refractivity contribution in [2.24, 2.45) is 5.92 Å². The lowest BCUT2D eigenvalue weighted by Gasteiger charge is -2.34. The standard InChI is InChI=1S/C14H22BrNO2S2/c1-3-16-14(13-8-11(15)9-19-13)10-5-4-6-12(7-10)20(2,17)18/h8-10,12,14,16H,3-7H2,1-2H3. The summed E-state index contributed by atoms with van der Waals surface area (Å²) in [6.07, 6.45) is 5.11. The molecular formula is C14H22BrNO2S2. The number of thiophene rings is 1. The van der Waals surface area contributed by atoms with Gasteiger partial charge in [-0.15, -0.1) is 11.3 Å². The Hall–Kier alpha value is 0.0900. The molecule has 1 N–H and O–H groups in total. The Balaban J connectivity index is 2.17. The molecule has 0 amide bonds. The molecule has 3 nitrogen and oxygen atoms in total. The fourth-order valence-corrected chi connectivity index (χ4v) is 5.89. The van der Waals surface area contributed by atoms with Crippen LogP contribution in [0, 0.1) is 5.92 Å². The molecule has 114 valence electrons. The maximum atomic E-state index is 11.8. The molecule has 1 aliphatic carbocycles. The lowest BCUT2D eigenvalue weighted by Crippen LogP contribution is -2.35. The maximum absolute atomic E-state index is 11.8. The quantitative estimate of drug-likeness (QED) is 0.846.